The van der Waals surface area contributed by atoms with Crippen molar-refractivity contribution in [1.29, 1.82) is 0 Å². The molecule has 2 nitrogen and oxygen atoms in total. The molecule has 0 aliphatic rings. The highest BCUT2D eigenvalue weighted by atomic mass is 127. The Bertz CT molecular complexity index is 239. The molecule has 0 aromatic carbocycles. The second-order valence-electron chi connectivity index (χ2n) is 1.79. The highest BCUT2D eigenvalue weighted by Crippen LogP contribution is 2.09. The predicted octanol–water partition coefficient (Wildman–Crippen LogP) is 1.28. The molecule has 10 heavy (non-hydrogen) atoms. The van der Waals surface area contributed by atoms with Crippen LogP contribution in [0.3, 0.4) is 0 Å². The van der Waals surface area contributed by atoms with Crippen molar-refractivity contribution in [2.45, 2.75) is 6.54 Å². The van der Waals surface area contributed by atoms with Crippen molar-refractivity contribution in [2.75, 3.05) is 0 Å². The summed E-state index contributed by atoms with van der Waals surface area (Å²) >= 11 is 2.00. The van der Waals surface area contributed by atoms with Gasteiger partial charge < -0.3 is 5.73 Å². The van der Waals surface area contributed by atoms with Gasteiger partial charge in [-0.3, -0.25) is 4.98 Å². The van der Waals surface area contributed by atoms with Crippen molar-refractivity contribution in [2.24, 2.45) is 5.73 Å². The van der Waals surface area contributed by atoms with Gasteiger partial charge in [-0.25, -0.2) is 4.39 Å². The van der Waals surface area contributed by atoms with Gasteiger partial charge in [0.1, 0.15) is 5.82 Å². The van der Waals surface area contributed by atoms with E-state index in [4.69, 9.17) is 5.73 Å². The number of halogens is 2. The molecule has 2 N–H and O–H groups in total. The molecule has 0 radical (unpaired) electrons. The minimum Gasteiger partial charge on any atom is -0.325 e. The molecule has 0 fully saturated rings. The Labute approximate surface area is 71.8 Å². The Balaban J connectivity index is 3.07. The number of nitrogens with two attached hydrogens (primary N) is 1. The maximum absolute atomic E-state index is 12.4. The molecule has 1 rings (SSSR count). The lowest BCUT2D eigenvalue weighted by Gasteiger charge is -1.97. The van der Waals surface area contributed by atoms with Crippen molar-refractivity contribution in [1.82, 2.24) is 4.98 Å². The third kappa shape index (κ3) is 1.63. The first-order valence-corrected chi connectivity index (χ1v) is 3.82. The predicted molar refractivity (Wildman–Crippen MR) is 44.8 cm³/mol. The summed E-state index contributed by atoms with van der Waals surface area (Å²) in [6.07, 6.45) is 1.17. The topological polar surface area (TPSA) is 38.9 Å². The van der Waals surface area contributed by atoms with Crippen LogP contribution in [-0.2, 0) is 6.54 Å². The Morgan fingerprint density at radius 1 is 1.70 bits per heavy atom. The van der Waals surface area contributed by atoms with E-state index >= 15 is 0 Å². The molecule has 54 valence electrons. The number of hydrogen-bond acceptors (Lipinski definition) is 2. The number of aromatic nitrogens is 1. The zero-order chi connectivity index (χ0) is 7.56. The molecule has 0 aliphatic carbocycles. The molecule has 0 saturated carbocycles. The maximum atomic E-state index is 12.4. The van der Waals surface area contributed by atoms with Crippen molar-refractivity contribution in [3.8, 4) is 0 Å². The van der Waals surface area contributed by atoms with E-state index in [-0.39, 0.29) is 5.82 Å². The first-order valence-electron chi connectivity index (χ1n) is 2.74. The van der Waals surface area contributed by atoms with Gasteiger partial charge in [0.25, 0.3) is 0 Å². The molecule has 0 amide bonds. The SMILES string of the molecule is NCc1ncc(F)cc1I. The van der Waals surface area contributed by atoms with E-state index in [1.165, 1.54) is 12.3 Å². The summed E-state index contributed by atoms with van der Waals surface area (Å²) in [5, 5.41) is 0. The second kappa shape index (κ2) is 3.25. The normalized spacial score (nSPS) is 9.90. The van der Waals surface area contributed by atoms with Gasteiger partial charge in [-0.2, -0.15) is 0 Å². The Hall–Kier alpha value is -0.230. The van der Waals surface area contributed by atoms with Crippen LogP contribution in [0.4, 0.5) is 4.39 Å². The summed E-state index contributed by atoms with van der Waals surface area (Å²) in [7, 11) is 0. The highest BCUT2D eigenvalue weighted by Gasteiger charge is 1.99. The summed E-state index contributed by atoms with van der Waals surface area (Å²) in [4.78, 5) is 3.79. The first-order chi connectivity index (χ1) is 4.74. The van der Waals surface area contributed by atoms with Crippen molar-refractivity contribution in [3.63, 3.8) is 0 Å². The molecule has 0 atom stereocenters. The summed E-state index contributed by atoms with van der Waals surface area (Å²) in [5.74, 6) is -0.318. The first kappa shape index (κ1) is 7.87. The largest absolute Gasteiger partial charge is 0.325 e. The van der Waals surface area contributed by atoms with Crippen LogP contribution < -0.4 is 5.73 Å². The minimum absolute atomic E-state index is 0.318. The number of nitrogens with zero attached hydrogens (tertiary/aromatic N) is 1. The fourth-order valence-corrected chi connectivity index (χ4v) is 1.25. The fraction of sp³-hybridized carbons (Fsp3) is 0.167. The molecule has 0 aliphatic heterocycles. The monoisotopic (exact) mass is 252 g/mol. The Morgan fingerprint density at radius 3 is 2.90 bits per heavy atom. The molecule has 1 aromatic heterocycles. The van der Waals surface area contributed by atoms with Crippen molar-refractivity contribution in [3.05, 3.63) is 27.3 Å². The molecule has 0 unspecified atom stereocenters. The fourth-order valence-electron chi connectivity index (χ4n) is 0.593. The lowest BCUT2D eigenvalue weighted by atomic mass is 10.3. The molecule has 0 spiro atoms. The smallest absolute Gasteiger partial charge is 0.142 e. The van der Waals surface area contributed by atoms with Gasteiger partial charge in [0.05, 0.1) is 11.9 Å². The van der Waals surface area contributed by atoms with E-state index in [2.05, 4.69) is 4.98 Å². The summed E-state index contributed by atoms with van der Waals surface area (Å²) in [6, 6.07) is 1.41. The second-order valence-corrected chi connectivity index (χ2v) is 2.95. The molecule has 1 aromatic rings. The van der Waals surface area contributed by atoms with E-state index in [1.54, 1.807) is 0 Å². The maximum Gasteiger partial charge on any atom is 0.142 e. The number of hydrogen-bond donors (Lipinski definition) is 1. The highest BCUT2D eigenvalue weighted by molar-refractivity contribution is 14.1. The van der Waals surface area contributed by atoms with Crippen LogP contribution in [-0.4, -0.2) is 4.98 Å². The quantitative estimate of drug-likeness (QED) is 0.765. The molecular formula is C6H6FIN2. The Morgan fingerprint density at radius 2 is 2.40 bits per heavy atom. The van der Waals surface area contributed by atoms with Gasteiger partial charge in [0.15, 0.2) is 0 Å². The van der Waals surface area contributed by atoms with Gasteiger partial charge in [-0.15, -0.1) is 0 Å². The molecule has 0 bridgehead atoms. The molecule has 1 heterocycles. The minimum atomic E-state index is -0.318. The molecular weight excluding hydrogens is 246 g/mol. The van der Waals surface area contributed by atoms with Gasteiger partial charge in [0, 0.05) is 10.1 Å². The van der Waals surface area contributed by atoms with Crippen LogP contribution in [0.15, 0.2) is 12.3 Å². The van der Waals surface area contributed by atoms with Crippen LogP contribution in [0.5, 0.6) is 0 Å². The van der Waals surface area contributed by atoms with E-state index in [9.17, 15) is 4.39 Å². The van der Waals surface area contributed by atoms with Crippen LogP contribution in [0.25, 0.3) is 0 Å². The van der Waals surface area contributed by atoms with Gasteiger partial charge in [0.2, 0.25) is 0 Å². The van der Waals surface area contributed by atoms with Crippen LogP contribution in [0, 0.1) is 9.39 Å². The van der Waals surface area contributed by atoms with E-state index in [1.807, 2.05) is 22.6 Å². The lowest BCUT2D eigenvalue weighted by molar-refractivity contribution is 0.617. The van der Waals surface area contributed by atoms with E-state index in [0.29, 0.717) is 6.54 Å². The average molecular weight is 252 g/mol. The van der Waals surface area contributed by atoms with Gasteiger partial charge in [-0.1, -0.05) is 0 Å². The standard InChI is InChI=1S/C6H6FIN2/c7-4-1-5(8)6(2-9)10-3-4/h1,3H,2,9H2. The molecule has 4 heteroatoms. The third-order valence-electron chi connectivity index (χ3n) is 1.08. The Kier molecular flexibility index (Phi) is 2.56. The van der Waals surface area contributed by atoms with Gasteiger partial charge >= 0.3 is 0 Å². The summed E-state index contributed by atoms with van der Waals surface area (Å²) < 4.78 is 13.2. The summed E-state index contributed by atoms with van der Waals surface area (Å²) in [6.45, 7) is 0.360. The zero-order valence-corrected chi connectivity index (χ0v) is 7.30. The number of rotatable bonds is 1. The van der Waals surface area contributed by atoms with E-state index in [0.717, 1.165) is 9.26 Å². The number of pyridine rings is 1. The summed E-state index contributed by atoms with van der Waals surface area (Å²) in [5.41, 5.74) is 6.05. The van der Waals surface area contributed by atoms with Gasteiger partial charge in [-0.05, 0) is 28.7 Å². The van der Waals surface area contributed by atoms with Crippen LogP contribution in [0.1, 0.15) is 5.69 Å². The zero-order valence-electron chi connectivity index (χ0n) is 5.14. The average Bonchev–Trinajstić information content (AvgIpc) is 1.88. The molecule has 0 saturated heterocycles. The van der Waals surface area contributed by atoms with Crippen molar-refractivity contribution < 1.29 is 4.39 Å². The lowest BCUT2D eigenvalue weighted by Crippen LogP contribution is -2.02. The van der Waals surface area contributed by atoms with Crippen LogP contribution >= 0.6 is 22.6 Å². The van der Waals surface area contributed by atoms with E-state index < -0.39 is 0 Å². The van der Waals surface area contributed by atoms with Crippen LogP contribution in [0.2, 0.25) is 0 Å². The third-order valence-corrected chi connectivity index (χ3v) is 2.01. The van der Waals surface area contributed by atoms with Crippen molar-refractivity contribution >= 4 is 22.6 Å².